The van der Waals surface area contributed by atoms with Crippen LogP contribution >= 0.6 is 0 Å². The van der Waals surface area contributed by atoms with Crippen molar-refractivity contribution in [1.82, 2.24) is 4.98 Å². The van der Waals surface area contributed by atoms with Crippen LogP contribution < -0.4 is 0 Å². The van der Waals surface area contributed by atoms with E-state index in [1.165, 1.54) is 26.2 Å². The fourth-order valence-corrected chi connectivity index (χ4v) is 1.38. The molecule has 98 valence electrons. The van der Waals surface area contributed by atoms with Crippen molar-refractivity contribution in [2.24, 2.45) is 0 Å². The van der Waals surface area contributed by atoms with Crippen LogP contribution in [0.4, 0.5) is 0 Å². The Kier molecular flexibility index (Phi) is 4.94. The third-order valence-electron chi connectivity index (χ3n) is 2.40. The number of hydrogen-bond donors (Lipinski definition) is 2. The summed E-state index contributed by atoms with van der Waals surface area (Å²) in [6.45, 7) is 1.35. The van der Waals surface area contributed by atoms with Gasteiger partial charge in [0.05, 0.1) is 25.3 Å². The van der Waals surface area contributed by atoms with Gasteiger partial charge in [-0.25, -0.2) is 4.98 Å². The molecular formula is C12H15NO5. The minimum atomic E-state index is -1.34. The quantitative estimate of drug-likeness (QED) is 0.576. The number of hydrogen-bond acceptors (Lipinski definition) is 6. The van der Waals surface area contributed by atoms with E-state index in [-0.39, 0.29) is 23.6 Å². The van der Waals surface area contributed by atoms with Gasteiger partial charge in [-0.05, 0) is 12.1 Å². The van der Waals surface area contributed by atoms with E-state index in [1.807, 2.05) is 0 Å². The highest BCUT2D eigenvalue weighted by atomic mass is 16.5. The Morgan fingerprint density at radius 2 is 2.06 bits per heavy atom. The third kappa shape index (κ3) is 3.61. The first-order valence-electron chi connectivity index (χ1n) is 5.36. The molecule has 0 aromatic carbocycles. The number of methoxy groups -OCH3 is 1. The second-order valence-electron chi connectivity index (χ2n) is 3.80. The van der Waals surface area contributed by atoms with Gasteiger partial charge in [-0.15, -0.1) is 0 Å². The zero-order valence-electron chi connectivity index (χ0n) is 10.2. The number of pyridine rings is 1. The zero-order chi connectivity index (χ0) is 13.7. The van der Waals surface area contributed by atoms with Crippen LogP contribution in [0.5, 0.6) is 0 Å². The van der Waals surface area contributed by atoms with Gasteiger partial charge in [-0.1, -0.05) is 6.07 Å². The van der Waals surface area contributed by atoms with E-state index in [0.717, 1.165) is 0 Å². The molecule has 1 aromatic rings. The molecule has 0 spiro atoms. The van der Waals surface area contributed by atoms with Crippen molar-refractivity contribution in [2.75, 3.05) is 7.11 Å². The summed E-state index contributed by atoms with van der Waals surface area (Å²) in [4.78, 5) is 26.0. The summed E-state index contributed by atoms with van der Waals surface area (Å²) in [5, 5.41) is 19.4. The number of aromatic nitrogens is 1. The Balaban J connectivity index is 2.82. The number of nitrogens with zero attached hydrogens (tertiary/aromatic N) is 1. The van der Waals surface area contributed by atoms with Gasteiger partial charge in [0.25, 0.3) is 0 Å². The molecule has 0 aliphatic heterocycles. The molecule has 0 radical (unpaired) electrons. The summed E-state index contributed by atoms with van der Waals surface area (Å²) in [5.41, 5.74) is 0.330. The van der Waals surface area contributed by atoms with Crippen molar-refractivity contribution >= 4 is 11.8 Å². The van der Waals surface area contributed by atoms with Crippen molar-refractivity contribution in [1.29, 1.82) is 0 Å². The molecule has 6 heteroatoms. The summed E-state index contributed by atoms with van der Waals surface area (Å²) in [7, 11) is 1.19. The Labute approximate surface area is 104 Å². The van der Waals surface area contributed by atoms with E-state index in [9.17, 15) is 19.8 Å². The molecule has 0 saturated heterocycles. The van der Waals surface area contributed by atoms with Gasteiger partial charge in [0.1, 0.15) is 11.8 Å². The molecule has 0 amide bonds. The van der Waals surface area contributed by atoms with Gasteiger partial charge in [-0.3, -0.25) is 9.59 Å². The lowest BCUT2D eigenvalue weighted by atomic mass is 10.1. The van der Waals surface area contributed by atoms with Crippen LogP contribution in [0.15, 0.2) is 18.2 Å². The first-order valence-corrected chi connectivity index (χ1v) is 5.36. The topological polar surface area (TPSA) is 96.7 Å². The molecule has 2 atom stereocenters. The fourth-order valence-electron chi connectivity index (χ4n) is 1.38. The van der Waals surface area contributed by atoms with Gasteiger partial charge >= 0.3 is 5.97 Å². The lowest BCUT2D eigenvalue weighted by Gasteiger charge is -2.16. The Morgan fingerprint density at radius 3 is 2.61 bits per heavy atom. The highest BCUT2D eigenvalue weighted by Crippen LogP contribution is 2.17. The third-order valence-corrected chi connectivity index (χ3v) is 2.40. The molecule has 0 aliphatic rings. The highest BCUT2D eigenvalue weighted by molar-refractivity contribution is 5.92. The lowest BCUT2D eigenvalue weighted by Crippen LogP contribution is -2.23. The molecular weight excluding hydrogens is 238 g/mol. The van der Waals surface area contributed by atoms with Crippen LogP contribution in [0.25, 0.3) is 0 Å². The maximum Gasteiger partial charge on any atom is 0.308 e. The molecule has 18 heavy (non-hydrogen) atoms. The molecule has 6 nitrogen and oxygen atoms in total. The molecule has 0 fully saturated rings. The monoisotopic (exact) mass is 253 g/mol. The van der Waals surface area contributed by atoms with E-state index < -0.39 is 18.2 Å². The smallest absolute Gasteiger partial charge is 0.308 e. The van der Waals surface area contributed by atoms with Gasteiger partial charge < -0.3 is 14.9 Å². The van der Waals surface area contributed by atoms with Crippen LogP contribution in [-0.4, -0.2) is 40.2 Å². The molecule has 1 rings (SSSR count). The van der Waals surface area contributed by atoms with Crippen molar-refractivity contribution in [2.45, 2.75) is 25.6 Å². The van der Waals surface area contributed by atoms with Crippen molar-refractivity contribution in [3.05, 3.63) is 29.6 Å². The maximum atomic E-state index is 11.1. The summed E-state index contributed by atoms with van der Waals surface area (Å²) in [6.07, 6.45) is -3.01. The predicted molar refractivity (Wildman–Crippen MR) is 61.8 cm³/mol. The van der Waals surface area contributed by atoms with E-state index in [2.05, 4.69) is 9.72 Å². The standard InChI is InChI=1S/C12H15NO5/c1-7(14)8-4-3-5-9(13-8)12(17)10(15)6-11(16)18-2/h3-5,10,12,15,17H,6H2,1-2H3. The molecule has 2 unspecified atom stereocenters. The zero-order valence-corrected chi connectivity index (χ0v) is 10.2. The number of ether oxygens (including phenoxy) is 1. The normalized spacial score (nSPS) is 13.8. The van der Waals surface area contributed by atoms with Crippen LogP contribution in [0.3, 0.4) is 0 Å². The van der Waals surface area contributed by atoms with Gasteiger partial charge in [-0.2, -0.15) is 0 Å². The average molecular weight is 253 g/mol. The van der Waals surface area contributed by atoms with E-state index in [1.54, 1.807) is 6.07 Å². The first kappa shape index (κ1) is 14.3. The molecule has 0 saturated carbocycles. The Hall–Kier alpha value is -1.79. The number of esters is 1. The number of carbonyl (C=O) groups is 2. The van der Waals surface area contributed by atoms with Crippen LogP contribution in [0.2, 0.25) is 0 Å². The van der Waals surface area contributed by atoms with Crippen LogP contribution in [-0.2, 0) is 9.53 Å². The van der Waals surface area contributed by atoms with Crippen molar-refractivity contribution < 1.29 is 24.5 Å². The predicted octanol–water partition coefficient (Wildman–Crippen LogP) is 0.242. The van der Waals surface area contributed by atoms with Gasteiger partial charge in [0.2, 0.25) is 0 Å². The van der Waals surface area contributed by atoms with Crippen molar-refractivity contribution in [3.8, 4) is 0 Å². The molecule has 0 bridgehead atoms. The van der Waals surface area contributed by atoms with E-state index in [4.69, 9.17) is 0 Å². The van der Waals surface area contributed by atoms with E-state index in [0.29, 0.717) is 0 Å². The summed E-state index contributed by atoms with van der Waals surface area (Å²) >= 11 is 0. The Morgan fingerprint density at radius 1 is 1.39 bits per heavy atom. The Bertz CT molecular complexity index is 446. The second-order valence-corrected chi connectivity index (χ2v) is 3.80. The summed E-state index contributed by atoms with van der Waals surface area (Å²) in [5.74, 6) is -0.879. The fraction of sp³-hybridized carbons (Fsp3) is 0.417. The number of carbonyl (C=O) groups excluding carboxylic acids is 2. The summed E-state index contributed by atoms with van der Waals surface area (Å²) in [6, 6.07) is 4.52. The number of aliphatic hydroxyl groups excluding tert-OH is 2. The van der Waals surface area contributed by atoms with Crippen molar-refractivity contribution in [3.63, 3.8) is 0 Å². The highest BCUT2D eigenvalue weighted by Gasteiger charge is 2.23. The molecule has 1 heterocycles. The first-order chi connectivity index (χ1) is 8.45. The maximum absolute atomic E-state index is 11.1. The lowest BCUT2D eigenvalue weighted by molar-refractivity contribution is -0.144. The SMILES string of the molecule is COC(=O)CC(O)C(O)c1cccc(C(C)=O)n1. The molecule has 0 aliphatic carbocycles. The number of aliphatic hydroxyl groups is 2. The second kappa shape index (κ2) is 6.23. The van der Waals surface area contributed by atoms with E-state index >= 15 is 0 Å². The minimum absolute atomic E-state index is 0.138. The number of Topliss-reactive ketones (excluding diaryl/α,β-unsaturated/α-hetero) is 1. The van der Waals surface area contributed by atoms with Crippen LogP contribution in [0, 0.1) is 0 Å². The van der Waals surface area contributed by atoms with Gasteiger partial charge in [0.15, 0.2) is 5.78 Å². The minimum Gasteiger partial charge on any atom is -0.469 e. The van der Waals surface area contributed by atoms with Crippen LogP contribution in [0.1, 0.15) is 35.6 Å². The average Bonchev–Trinajstić information content (AvgIpc) is 2.37. The van der Waals surface area contributed by atoms with Gasteiger partial charge in [0, 0.05) is 6.92 Å². The molecule has 1 aromatic heterocycles. The number of rotatable bonds is 5. The molecule has 2 N–H and O–H groups in total. The summed E-state index contributed by atoms with van der Waals surface area (Å²) < 4.78 is 4.38. The largest absolute Gasteiger partial charge is 0.469 e. The number of ketones is 1.